The molecule has 0 aliphatic carbocycles. The van der Waals surface area contributed by atoms with Crippen LogP contribution in [0.15, 0.2) is 82.6 Å². The number of para-hydroxylation sites is 2. The minimum absolute atomic E-state index is 0.187. The van der Waals surface area contributed by atoms with Crippen molar-refractivity contribution in [2.75, 3.05) is 11.9 Å². The molecule has 0 spiro atoms. The van der Waals surface area contributed by atoms with Gasteiger partial charge < -0.3 is 10.1 Å². The van der Waals surface area contributed by atoms with E-state index in [0.717, 1.165) is 9.79 Å². The number of nitro benzene ring substituents is 1. The highest BCUT2D eigenvalue weighted by Gasteiger charge is 2.24. The van der Waals surface area contributed by atoms with E-state index in [9.17, 15) is 19.7 Å². The van der Waals surface area contributed by atoms with Gasteiger partial charge in [0.15, 0.2) is 6.61 Å². The molecule has 1 amide bonds. The number of hydrogen-bond acceptors (Lipinski definition) is 6. The Balaban J connectivity index is 1.66. The Morgan fingerprint density at radius 1 is 1.00 bits per heavy atom. The average molecular weight is 422 g/mol. The van der Waals surface area contributed by atoms with Gasteiger partial charge in [-0.3, -0.25) is 14.9 Å². The molecule has 152 valence electrons. The molecule has 0 aliphatic heterocycles. The summed E-state index contributed by atoms with van der Waals surface area (Å²) in [6.45, 7) is 0.969. The molecule has 0 aliphatic rings. The van der Waals surface area contributed by atoms with Crippen molar-refractivity contribution < 1.29 is 19.2 Å². The molecule has 8 heteroatoms. The quantitative estimate of drug-likeness (QED) is 0.332. The standard InChI is InChI=1S/C22H18N2O5S/c1-15-8-7-11-17(21(15)24(27)28)22(26)29-14-20(25)23-18-12-5-6-13-19(18)30-16-9-3-2-4-10-16/h2-13H,14H2,1H3,(H,23,25). The van der Waals surface area contributed by atoms with Crippen LogP contribution in [0.1, 0.15) is 15.9 Å². The van der Waals surface area contributed by atoms with Crippen molar-refractivity contribution in [3.05, 3.63) is 94.0 Å². The number of ether oxygens (including phenoxy) is 1. The van der Waals surface area contributed by atoms with Gasteiger partial charge >= 0.3 is 5.97 Å². The topological polar surface area (TPSA) is 98.5 Å². The van der Waals surface area contributed by atoms with Crippen LogP contribution in [0.3, 0.4) is 0 Å². The SMILES string of the molecule is Cc1cccc(C(=O)OCC(=O)Nc2ccccc2Sc2ccccc2)c1[N+](=O)[O-]. The Morgan fingerprint density at radius 3 is 2.43 bits per heavy atom. The second kappa shape index (κ2) is 9.71. The van der Waals surface area contributed by atoms with Gasteiger partial charge in [0.1, 0.15) is 5.56 Å². The van der Waals surface area contributed by atoms with Crippen molar-refractivity contribution in [1.82, 2.24) is 0 Å². The lowest BCUT2D eigenvalue weighted by Crippen LogP contribution is -2.21. The Hall–Kier alpha value is -3.65. The minimum Gasteiger partial charge on any atom is -0.452 e. The van der Waals surface area contributed by atoms with Crippen molar-refractivity contribution >= 4 is 35.0 Å². The van der Waals surface area contributed by atoms with Gasteiger partial charge in [-0.25, -0.2) is 4.79 Å². The Bertz CT molecular complexity index is 1090. The maximum Gasteiger partial charge on any atom is 0.345 e. The molecule has 0 atom stereocenters. The number of hydrogen-bond donors (Lipinski definition) is 1. The number of nitrogens with one attached hydrogen (secondary N) is 1. The molecule has 7 nitrogen and oxygen atoms in total. The lowest BCUT2D eigenvalue weighted by Gasteiger charge is -2.11. The van der Waals surface area contributed by atoms with E-state index in [1.807, 2.05) is 42.5 Å². The van der Waals surface area contributed by atoms with Gasteiger partial charge in [-0.2, -0.15) is 0 Å². The fourth-order valence-corrected chi connectivity index (χ4v) is 3.66. The molecule has 3 aromatic rings. The molecule has 0 saturated carbocycles. The molecular formula is C22H18N2O5S. The van der Waals surface area contributed by atoms with E-state index in [1.54, 1.807) is 12.1 Å². The largest absolute Gasteiger partial charge is 0.452 e. The second-order valence-corrected chi connectivity index (χ2v) is 7.38. The van der Waals surface area contributed by atoms with E-state index in [1.165, 1.54) is 36.9 Å². The van der Waals surface area contributed by atoms with Gasteiger partial charge in [-0.05, 0) is 37.3 Å². The minimum atomic E-state index is -0.924. The summed E-state index contributed by atoms with van der Waals surface area (Å²) >= 11 is 1.49. The molecule has 0 saturated heterocycles. The summed E-state index contributed by atoms with van der Waals surface area (Å²) in [6.07, 6.45) is 0. The number of anilines is 1. The molecule has 0 fully saturated rings. The molecule has 3 rings (SSSR count). The summed E-state index contributed by atoms with van der Waals surface area (Å²) in [4.78, 5) is 37.0. The summed E-state index contributed by atoms with van der Waals surface area (Å²) in [6, 6.07) is 21.3. The summed E-state index contributed by atoms with van der Waals surface area (Å²) in [5.74, 6) is -1.47. The van der Waals surface area contributed by atoms with Gasteiger partial charge in [-0.1, -0.05) is 54.2 Å². The highest BCUT2D eigenvalue weighted by Crippen LogP contribution is 2.33. The monoisotopic (exact) mass is 422 g/mol. The third kappa shape index (κ3) is 5.24. The Labute approximate surface area is 177 Å². The van der Waals surface area contributed by atoms with E-state index in [0.29, 0.717) is 11.3 Å². The fraction of sp³-hybridized carbons (Fsp3) is 0.0909. The summed E-state index contributed by atoms with van der Waals surface area (Å²) in [5, 5.41) is 13.9. The lowest BCUT2D eigenvalue weighted by molar-refractivity contribution is -0.385. The number of aryl methyl sites for hydroxylation is 1. The number of benzene rings is 3. The molecule has 0 heterocycles. The van der Waals surface area contributed by atoms with Gasteiger partial charge in [0.25, 0.3) is 11.6 Å². The van der Waals surface area contributed by atoms with Crippen molar-refractivity contribution in [2.24, 2.45) is 0 Å². The molecule has 0 unspecified atom stereocenters. The van der Waals surface area contributed by atoms with Crippen LogP contribution in [-0.4, -0.2) is 23.4 Å². The number of carbonyl (C=O) groups is 2. The molecule has 0 aromatic heterocycles. The zero-order chi connectivity index (χ0) is 21.5. The number of rotatable bonds is 7. The van der Waals surface area contributed by atoms with Crippen molar-refractivity contribution in [1.29, 1.82) is 0 Å². The van der Waals surface area contributed by atoms with E-state index in [2.05, 4.69) is 5.32 Å². The van der Waals surface area contributed by atoms with Crippen LogP contribution < -0.4 is 5.32 Å². The smallest absolute Gasteiger partial charge is 0.345 e. The zero-order valence-electron chi connectivity index (χ0n) is 16.0. The van der Waals surface area contributed by atoms with Crippen LogP contribution in [0.25, 0.3) is 0 Å². The molecule has 0 radical (unpaired) electrons. The number of nitro groups is 1. The summed E-state index contributed by atoms with van der Waals surface area (Å²) < 4.78 is 5.00. The Morgan fingerprint density at radius 2 is 1.70 bits per heavy atom. The van der Waals surface area contributed by atoms with Crippen LogP contribution in [0.2, 0.25) is 0 Å². The first-order valence-corrected chi connectivity index (χ1v) is 9.80. The summed E-state index contributed by atoms with van der Waals surface area (Å²) in [5.41, 5.74) is 0.403. The molecule has 30 heavy (non-hydrogen) atoms. The van der Waals surface area contributed by atoms with Gasteiger partial charge in [0.05, 0.1) is 10.6 Å². The Kier molecular flexibility index (Phi) is 6.82. The second-order valence-electron chi connectivity index (χ2n) is 6.26. The van der Waals surface area contributed by atoms with Crippen molar-refractivity contribution in [3.8, 4) is 0 Å². The van der Waals surface area contributed by atoms with Gasteiger partial charge in [-0.15, -0.1) is 0 Å². The number of amides is 1. The highest BCUT2D eigenvalue weighted by atomic mass is 32.2. The average Bonchev–Trinajstić information content (AvgIpc) is 2.73. The van der Waals surface area contributed by atoms with E-state index < -0.39 is 23.4 Å². The van der Waals surface area contributed by atoms with E-state index >= 15 is 0 Å². The third-order valence-corrected chi connectivity index (χ3v) is 5.19. The molecule has 3 aromatic carbocycles. The van der Waals surface area contributed by atoms with Gasteiger partial charge in [0, 0.05) is 15.4 Å². The van der Waals surface area contributed by atoms with Crippen LogP contribution in [0.4, 0.5) is 11.4 Å². The third-order valence-electron chi connectivity index (χ3n) is 4.11. The van der Waals surface area contributed by atoms with Crippen molar-refractivity contribution in [3.63, 3.8) is 0 Å². The first-order chi connectivity index (χ1) is 14.5. The van der Waals surface area contributed by atoms with E-state index in [4.69, 9.17) is 4.74 Å². The maximum absolute atomic E-state index is 12.3. The summed E-state index contributed by atoms with van der Waals surface area (Å²) in [7, 11) is 0. The molecular weight excluding hydrogens is 404 g/mol. The maximum atomic E-state index is 12.3. The first-order valence-electron chi connectivity index (χ1n) is 8.98. The predicted molar refractivity (Wildman–Crippen MR) is 114 cm³/mol. The highest BCUT2D eigenvalue weighted by molar-refractivity contribution is 7.99. The predicted octanol–water partition coefficient (Wildman–Crippen LogP) is 4.85. The lowest BCUT2D eigenvalue weighted by atomic mass is 10.1. The fourth-order valence-electron chi connectivity index (χ4n) is 2.74. The number of esters is 1. The van der Waals surface area contributed by atoms with Crippen LogP contribution >= 0.6 is 11.8 Å². The number of nitrogens with zero attached hydrogens (tertiary/aromatic N) is 1. The van der Waals surface area contributed by atoms with Crippen LogP contribution in [0, 0.1) is 17.0 Å². The number of carbonyl (C=O) groups excluding carboxylic acids is 2. The zero-order valence-corrected chi connectivity index (χ0v) is 16.8. The van der Waals surface area contributed by atoms with Crippen molar-refractivity contribution in [2.45, 2.75) is 16.7 Å². The normalized spacial score (nSPS) is 10.3. The van der Waals surface area contributed by atoms with Gasteiger partial charge in [0.2, 0.25) is 0 Å². The van der Waals surface area contributed by atoms with Crippen LogP contribution in [0.5, 0.6) is 0 Å². The first kappa shape index (κ1) is 21.1. The van der Waals surface area contributed by atoms with Crippen LogP contribution in [-0.2, 0) is 9.53 Å². The van der Waals surface area contributed by atoms with E-state index in [-0.39, 0.29) is 11.3 Å². The molecule has 0 bridgehead atoms. The molecule has 1 N–H and O–H groups in total.